The minimum absolute atomic E-state index is 0.00681. The first-order chi connectivity index (χ1) is 6.24. The zero-order valence-corrected chi connectivity index (χ0v) is 7.49. The number of carbonyl (C=O) groups is 1. The summed E-state index contributed by atoms with van der Waals surface area (Å²) in [5.41, 5.74) is 0.218. The third-order valence-corrected chi connectivity index (χ3v) is 1.81. The molecule has 0 saturated carbocycles. The summed E-state index contributed by atoms with van der Waals surface area (Å²) in [5.74, 6) is -0.402. The Morgan fingerprint density at radius 3 is 3.08 bits per heavy atom. The first kappa shape index (κ1) is 10.0. The number of rotatable bonds is 4. The highest BCUT2D eigenvalue weighted by Gasteiger charge is 2.09. The van der Waals surface area contributed by atoms with Gasteiger partial charge in [-0.05, 0) is 11.5 Å². The van der Waals surface area contributed by atoms with Gasteiger partial charge in [-0.1, -0.05) is 4.49 Å². The van der Waals surface area contributed by atoms with Crippen LogP contribution in [0.25, 0.3) is 0 Å². The van der Waals surface area contributed by atoms with E-state index in [1.807, 2.05) is 0 Å². The van der Waals surface area contributed by atoms with E-state index in [1.54, 1.807) is 0 Å². The lowest BCUT2D eigenvalue weighted by atomic mass is 10.3. The fourth-order valence-corrected chi connectivity index (χ4v) is 1.07. The van der Waals surface area contributed by atoms with Crippen LogP contribution in [-0.2, 0) is 0 Å². The third kappa shape index (κ3) is 3.05. The molecule has 72 valence electrons. The predicted octanol–water partition coefficient (Wildman–Crippen LogP) is -1.38. The lowest BCUT2D eigenvalue weighted by Crippen LogP contribution is -2.34. The molecular formula is C6H9N3O3S. The van der Waals surface area contributed by atoms with Crippen LogP contribution in [0.2, 0.25) is 0 Å². The van der Waals surface area contributed by atoms with Gasteiger partial charge < -0.3 is 15.5 Å². The van der Waals surface area contributed by atoms with Gasteiger partial charge in [0.15, 0.2) is 5.69 Å². The van der Waals surface area contributed by atoms with E-state index in [1.165, 1.54) is 5.38 Å². The molecule has 3 N–H and O–H groups in total. The van der Waals surface area contributed by atoms with Crippen LogP contribution in [0.3, 0.4) is 0 Å². The third-order valence-electron chi connectivity index (χ3n) is 1.30. The number of aliphatic hydroxyl groups is 2. The van der Waals surface area contributed by atoms with Crippen molar-refractivity contribution in [1.29, 1.82) is 0 Å². The zero-order chi connectivity index (χ0) is 9.68. The lowest BCUT2D eigenvalue weighted by Gasteiger charge is -2.06. The van der Waals surface area contributed by atoms with Crippen LogP contribution in [0, 0.1) is 0 Å². The number of hydrogen-bond acceptors (Lipinski definition) is 6. The standard InChI is InChI=1S/C6H9N3O3S/c10-2-4(11)1-7-6(12)5-3-13-9-8-5/h3-4,10-11H,1-2H2,(H,7,12). The van der Waals surface area contributed by atoms with Crippen LogP contribution >= 0.6 is 11.5 Å². The number of nitrogens with zero attached hydrogens (tertiary/aromatic N) is 2. The predicted molar refractivity (Wildman–Crippen MR) is 45.3 cm³/mol. The highest BCUT2D eigenvalue weighted by atomic mass is 32.1. The number of amides is 1. The van der Waals surface area contributed by atoms with E-state index in [2.05, 4.69) is 14.9 Å². The second-order valence-corrected chi connectivity index (χ2v) is 2.95. The Balaban J connectivity index is 2.35. The normalized spacial score (nSPS) is 12.5. The molecule has 0 bridgehead atoms. The second kappa shape index (κ2) is 4.85. The van der Waals surface area contributed by atoms with Crippen molar-refractivity contribution in [2.75, 3.05) is 13.2 Å². The molecule has 1 aromatic rings. The maximum atomic E-state index is 11.1. The van der Waals surface area contributed by atoms with E-state index in [0.717, 1.165) is 11.5 Å². The lowest BCUT2D eigenvalue weighted by molar-refractivity contribution is 0.0799. The van der Waals surface area contributed by atoms with Gasteiger partial charge in [0.1, 0.15) is 0 Å². The minimum Gasteiger partial charge on any atom is -0.394 e. The van der Waals surface area contributed by atoms with Crippen molar-refractivity contribution < 1.29 is 15.0 Å². The summed E-state index contributed by atoms with van der Waals surface area (Å²) >= 11 is 1.07. The van der Waals surface area contributed by atoms with E-state index in [9.17, 15) is 4.79 Å². The van der Waals surface area contributed by atoms with Crippen molar-refractivity contribution in [2.24, 2.45) is 0 Å². The quantitative estimate of drug-likeness (QED) is 0.560. The minimum atomic E-state index is -0.935. The molecule has 1 amide bonds. The van der Waals surface area contributed by atoms with Crippen molar-refractivity contribution >= 4 is 17.4 Å². The number of hydrogen-bond donors (Lipinski definition) is 3. The van der Waals surface area contributed by atoms with Crippen LogP contribution in [0.5, 0.6) is 0 Å². The topological polar surface area (TPSA) is 95.3 Å². The van der Waals surface area contributed by atoms with E-state index >= 15 is 0 Å². The van der Waals surface area contributed by atoms with Crippen LogP contribution in [0.15, 0.2) is 5.38 Å². The number of aromatic nitrogens is 2. The molecule has 0 saturated heterocycles. The van der Waals surface area contributed by atoms with Crippen LogP contribution in [-0.4, -0.2) is 45.0 Å². The van der Waals surface area contributed by atoms with Gasteiger partial charge in [-0.2, -0.15) is 0 Å². The van der Waals surface area contributed by atoms with Gasteiger partial charge in [-0.3, -0.25) is 4.79 Å². The molecule has 0 aliphatic heterocycles. The van der Waals surface area contributed by atoms with Gasteiger partial charge in [0, 0.05) is 11.9 Å². The van der Waals surface area contributed by atoms with Crippen molar-refractivity contribution in [3.63, 3.8) is 0 Å². The number of nitrogens with one attached hydrogen (secondary N) is 1. The first-order valence-corrected chi connectivity index (χ1v) is 4.42. The molecular weight excluding hydrogens is 194 g/mol. The maximum Gasteiger partial charge on any atom is 0.272 e. The summed E-state index contributed by atoms with van der Waals surface area (Å²) in [6.07, 6.45) is -0.935. The molecule has 7 heteroatoms. The summed E-state index contributed by atoms with van der Waals surface area (Å²) in [6, 6.07) is 0. The van der Waals surface area contributed by atoms with E-state index in [-0.39, 0.29) is 18.8 Å². The van der Waals surface area contributed by atoms with Crippen molar-refractivity contribution in [2.45, 2.75) is 6.10 Å². The summed E-state index contributed by atoms with van der Waals surface area (Å²) in [4.78, 5) is 11.1. The fourth-order valence-electron chi connectivity index (χ4n) is 0.629. The van der Waals surface area contributed by atoms with Crippen molar-refractivity contribution in [3.05, 3.63) is 11.1 Å². The molecule has 1 atom stereocenters. The Hall–Kier alpha value is -1.05. The van der Waals surface area contributed by atoms with Crippen molar-refractivity contribution in [3.8, 4) is 0 Å². The molecule has 13 heavy (non-hydrogen) atoms. The van der Waals surface area contributed by atoms with Gasteiger partial charge >= 0.3 is 0 Å². The molecule has 6 nitrogen and oxygen atoms in total. The van der Waals surface area contributed by atoms with E-state index in [0.29, 0.717) is 0 Å². The number of carbonyl (C=O) groups excluding carboxylic acids is 1. The van der Waals surface area contributed by atoms with Gasteiger partial charge in [0.2, 0.25) is 0 Å². The molecule has 0 aliphatic carbocycles. The molecule has 1 heterocycles. The Morgan fingerprint density at radius 2 is 2.54 bits per heavy atom. The van der Waals surface area contributed by atoms with Gasteiger partial charge in [0.05, 0.1) is 12.7 Å². The summed E-state index contributed by atoms with van der Waals surface area (Å²) in [7, 11) is 0. The van der Waals surface area contributed by atoms with E-state index < -0.39 is 12.0 Å². The van der Waals surface area contributed by atoms with E-state index in [4.69, 9.17) is 10.2 Å². The Morgan fingerprint density at radius 1 is 1.77 bits per heavy atom. The second-order valence-electron chi connectivity index (χ2n) is 2.34. The number of aliphatic hydroxyl groups excluding tert-OH is 2. The van der Waals surface area contributed by atoms with Crippen LogP contribution in [0.1, 0.15) is 10.5 Å². The molecule has 0 spiro atoms. The molecule has 1 aromatic heterocycles. The SMILES string of the molecule is O=C(NCC(O)CO)c1csnn1. The maximum absolute atomic E-state index is 11.1. The molecule has 0 aromatic carbocycles. The van der Waals surface area contributed by atoms with Crippen molar-refractivity contribution in [1.82, 2.24) is 14.9 Å². The Labute approximate surface area is 78.4 Å². The summed E-state index contributed by atoms with van der Waals surface area (Å²) < 4.78 is 3.51. The Kier molecular flexibility index (Phi) is 3.74. The van der Waals surface area contributed by atoms with Gasteiger partial charge in [-0.15, -0.1) is 5.10 Å². The van der Waals surface area contributed by atoms with Crippen LogP contribution < -0.4 is 5.32 Å². The van der Waals surface area contributed by atoms with Crippen LogP contribution in [0.4, 0.5) is 0 Å². The van der Waals surface area contributed by atoms with Gasteiger partial charge in [0.25, 0.3) is 5.91 Å². The fraction of sp³-hybridized carbons (Fsp3) is 0.500. The molecule has 1 unspecified atom stereocenters. The average molecular weight is 203 g/mol. The Bertz CT molecular complexity index is 264. The highest BCUT2D eigenvalue weighted by molar-refractivity contribution is 7.03. The monoisotopic (exact) mass is 203 g/mol. The summed E-state index contributed by atoms with van der Waals surface area (Å²) in [5, 5.41) is 24.8. The largest absolute Gasteiger partial charge is 0.394 e. The average Bonchev–Trinajstić information content (AvgIpc) is 2.66. The molecule has 0 aliphatic rings. The smallest absolute Gasteiger partial charge is 0.272 e. The molecule has 1 rings (SSSR count). The summed E-state index contributed by atoms with van der Waals surface area (Å²) in [6.45, 7) is -0.373. The zero-order valence-electron chi connectivity index (χ0n) is 6.67. The highest BCUT2D eigenvalue weighted by Crippen LogP contribution is 1.95. The molecule has 0 radical (unpaired) electrons. The first-order valence-electron chi connectivity index (χ1n) is 3.58. The molecule has 0 fully saturated rings. The van der Waals surface area contributed by atoms with Gasteiger partial charge in [-0.25, -0.2) is 0 Å².